The highest BCUT2D eigenvalue weighted by Gasteiger charge is 2.21. The number of hydrogen-bond acceptors (Lipinski definition) is 3. The molecule has 0 spiro atoms. The van der Waals surface area contributed by atoms with Gasteiger partial charge in [0.25, 0.3) is 0 Å². The van der Waals surface area contributed by atoms with E-state index in [2.05, 4.69) is 27.2 Å². The Morgan fingerprint density at radius 2 is 2.05 bits per heavy atom. The fraction of sp³-hybridized carbons (Fsp3) is 0.600. The molecule has 1 atom stereocenters. The Bertz CT molecular complexity index is 410. The fourth-order valence-corrected chi connectivity index (χ4v) is 3.27. The maximum absolute atomic E-state index is 6.06. The van der Waals surface area contributed by atoms with Crippen LogP contribution in [0.1, 0.15) is 12.8 Å². The van der Waals surface area contributed by atoms with Crippen molar-refractivity contribution in [3.8, 4) is 0 Å². The van der Waals surface area contributed by atoms with Crippen LogP contribution in [0.4, 0.5) is 5.69 Å². The number of anilines is 1. The van der Waals surface area contributed by atoms with E-state index in [4.69, 9.17) is 11.6 Å². The van der Waals surface area contributed by atoms with E-state index in [1.165, 1.54) is 31.6 Å². The average Bonchev–Trinajstić information content (AvgIpc) is 2.92. The molecule has 2 fully saturated rings. The molecule has 2 aliphatic rings. The molecule has 1 aromatic rings. The minimum atomic E-state index is 0.720. The molecule has 3 nitrogen and oxygen atoms in total. The summed E-state index contributed by atoms with van der Waals surface area (Å²) in [6.45, 7) is 6.94. The lowest BCUT2D eigenvalue weighted by molar-refractivity contribution is 0.236. The van der Waals surface area contributed by atoms with Crippen LogP contribution in [0.15, 0.2) is 24.3 Å². The summed E-state index contributed by atoms with van der Waals surface area (Å²) in [5, 5.41) is 4.41. The lowest BCUT2D eigenvalue weighted by Crippen LogP contribution is -2.49. The molecule has 1 aromatic carbocycles. The van der Waals surface area contributed by atoms with Crippen LogP contribution in [0.25, 0.3) is 0 Å². The van der Waals surface area contributed by atoms with Crippen LogP contribution in [0.5, 0.6) is 0 Å². The standard InChI is InChI=1S/C15H22ClN3/c16-13-3-1-5-15(11-13)19-9-7-18(8-10-19)12-14-4-2-6-17-14/h1,3,5,11,14,17H,2,4,6-10,12H2/t14-/m0/s1. The van der Waals surface area contributed by atoms with Gasteiger partial charge in [-0.05, 0) is 37.6 Å². The van der Waals surface area contributed by atoms with Gasteiger partial charge in [0.05, 0.1) is 0 Å². The molecule has 19 heavy (non-hydrogen) atoms. The number of rotatable bonds is 3. The molecule has 0 aromatic heterocycles. The summed E-state index contributed by atoms with van der Waals surface area (Å²) in [6, 6.07) is 8.91. The average molecular weight is 280 g/mol. The first-order valence-corrected chi connectivity index (χ1v) is 7.65. The minimum Gasteiger partial charge on any atom is -0.369 e. The molecule has 3 rings (SSSR count). The molecule has 2 aliphatic heterocycles. The summed E-state index contributed by atoms with van der Waals surface area (Å²) in [6.07, 6.45) is 2.68. The van der Waals surface area contributed by atoms with Crippen LogP contribution in [-0.2, 0) is 0 Å². The number of nitrogens with one attached hydrogen (secondary N) is 1. The molecule has 4 heteroatoms. The summed E-state index contributed by atoms with van der Waals surface area (Å²) >= 11 is 6.06. The number of benzene rings is 1. The van der Waals surface area contributed by atoms with E-state index in [0.717, 1.165) is 37.2 Å². The molecule has 1 N–H and O–H groups in total. The van der Waals surface area contributed by atoms with Crippen LogP contribution in [0.3, 0.4) is 0 Å². The molecule has 2 saturated heterocycles. The first kappa shape index (κ1) is 13.2. The van der Waals surface area contributed by atoms with Gasteiger partial charge in [-0.2, -0.15) is 0 Å². The van der Waals surface area contributed by atoms with E-state index in [1.54, 1.807) is 0 Å². The molecule has 0 unspecified atom stereocenters. The SMILES string of the molecule is Clc1cccc(N2CCN(C[C@@H]3CCCN3)CC2)c1. The van der Waals surface area contributed by atoms with Crippen LogP contribution in [0, 0.1) is 0 Å². The van der Waals surface area contributed by atoms with Gasteiger partial charge in [0.15, 0.2) is 0 Å². The van der Waals surface area contributed by atoms with Crippen LogP contribution < -0.4 is 10.2 Å². The third-order valence-electron chi connectivity index (χ3n) is 4.19. The highest BCUT2D eigenvalue weighted by atomic mass is 35.5. The summed E-state index contributed by atoms with van der Waals surface area (Å²) in [5.41, 5.74) is 1.26. The van der Waals surface area contributed by atoms with Crippen LogP contribution in [0.2, 0.25) is 5.02 Å². The number of nitrogens with zero attached hydrogens (tertiary/aromatic N) is 2. The Balaban J connectivity index is 1.51. The Morgan fingerprint density at radius 1 is 1.21 bits per heavy atom. The van der Waals surface area contributed by atoms with Crippen molar-refractivity contribution >= 4 is 17.3 Å². The van der Waals surface area contributed by atoms with Crippen molar-refractivity contribution in [3.05, 3.63) is 29.3 Å². The van der Waals surface area contributed by atoms with E-state index >= 15 is 0 Å². The number of piperazine rings is 1. The molecular weight excluding hydrogens is 258 g/mol. The van der Waals surface area contributed by atoms with Crippen molar-refractivity contribution in [2.24, 2.45) is 0 Å². The zero-order chi connectivity index (χ0) is 13.1. The quantitative estimate of drug-likeness (QED) is 0.915. The monoisotopic (exact) mass is 279 g/mol. The molecule has 2 heterocycles. The lowest BCUT2D eigenvalue weighted by atomic mass is 10.2. The van der Waals surface area contributed by atoms with Crippen molar-refractivity contribution in [2.75, 3.05) is 44.2 Å². The zero-order valence-corrected chi connectivity index (χ0v) is 12.1. The second kappa shape index (κ2) is 6.12. The smallest absolute Gasteiger partial charge is 0.0426 e. The van der Waals surface area contributed by atoms with Gasteiger partial charge in [-0.15, -0.1) is 0 Å². The van der Waals surface area contributed by atoms with Crippen molar-refractivity contribution in [1.82, 2.24) is 10.2 Å². The molecule has 0 aliphatic carbocycles. The zero-order valence-electron chi connectivity index (χ0n) is 11.3. The molecular formula is C15H22ClN3. The van der Waals surface area contributed by atoms with Crippen molar-refractivity contribution < 1.29 is 0 Å². The summed E-state index contributed by atoms with van der Waals surface area (Å²) in [7, 11) is 0. The molecule has 0 radical (unpaired) electrons. The van der Waals surface area contributed by atoms with Gasteiger partial charge in [-0.3, -0.25) is 4.90 Å². The number of hydrogen-bond donors (Lipinski definition) is 1. The van der Waals surface area contributed by atoms with Gasteiger partial charge in [0, 0.05) is 49.5 Å². The normalized spacial score (nSPS) is 24.9. The first-order chi connectivity index (χ1) is 9.31. The first-order valence-electron chi connectivity index (χ1n) is 7.27. The van der Waals surface area contributed by atoms with Gasteiger partial charge in [0.2, 0.25) is 0 Å². The van der Waals surface area contributed by atoms with Crippen molar-refractivity contribution in [3.63, 3.8) is 0 Å². The highest BCUT2D eigenvalue weighted by Crippen LogP contribution is 2.21. The highest BCUT2D eigenvalue weighted by molar-refractivity contribution is 6.30. The second-order valence-corrected chi connectivity index (χ2v) is 6.00. The second-order valence-electron chi connectivity index (χ2n) is 5.56. The lowest BCUT2D eigenvalue weighted by Gasteiger charge is -2.37. The van der Waals surface area contributed by atoms with Gasteiger partial charge in [-0.1, -0.05) is 17.7 Å². The Labute approximate surface area is 120 Å². The summed E-state index contributed by atoms with van der Waals surface area (Å²) in [5.74, 6) is 0. The predicted octanol–water partition coefficient (Wildman–Crippen LogP) is 2.21. The minimum absolute atomic E-state index is 0.720. The summed E-state index contributed by atoms with van der Waals surface area (Å²) < 4.78 is 0. The van der Waals surface area contributed by atoms with E-state index in [-0.39, 0.29) is 0 Å². The van der Waals surface area contributed by atoms with Gasteiger partial charge in [0.1, 0.15) is 0 Å². The Kier molecular flexibility index (Phi) is 4.26. The number of halogens is 1. The third-order valence-corrected chi connectivity index (χ3v) is 4.42. The van der Waals surface area contributed by atoms with E-state index < -0.39 is 0 Å². The predicted molar refractivity (Wildman–Crippen MR) is 81.1 cm³/mol. The van der Waals surface area contributed by atoms with E-state index in [1.807, 2.05) is 12.1 Å². The van der Waals surface area contributed by atoms with Crippen LogP contribution >= 0.6 is 11.6 Å². The summed E-state index contributed by atoms with van der Waals surface area (Å²) in [4.78, 5) is 5.02. The molecule has 104 valence electrons. The molecule has 0 amide bonds. The van der Waals surface area contributed by atoms with Crippen molar-refractivity contribution in [1.29, 1.82) is 0 Å². The van der Waals surface area contributed by atoms with Gasteiger partial charge < -0.3 is 10.2 Å². The van der Waals surface area contributed by atoms with Crippen molar-refractivity contribution in [2.45, 2.75) is 18.9 Å². The fourth-order valence-electron chi connectivity index (χ4n) is 3.09. The van der Waals surface area contributed by atoms with Crippen LogP contribution in [-0.4, -0.2) is 50.2 Å². The van der Waals surface area contributed by atoms with E-state index in [9.17, 15) is 0 Å². The largest absolute Gasteiger partial charge is 0.369 e. The van der Waals surface area contributed by atoms with Gasteiger partial charge in [-0.25, -0.2) is 0 Å². The molecule has 0 saturated carbocycles. The maximum atomic E-state index is 6.06. The third kappa shape index (κ3) is 3.41. The Morgan fingerprint density at radius 3 is 2.74 bits per heavy atom. The topological polar surface area (TPSA) is 18.5 Å². The molecule has 0 bridgehead atoms. The van der Waals surface area contributed by atoms with E-state index in [0.29, 0.717) is 0 Å². The Hall–Kier alpha value is -0.770. The maximum Gasteiger partial charge on any atom is 0.0426 e. The van der Waals surface area contributed by atoms with Gasteiger partial charge >= 0.3 is 0 Å².